The number of halogens is 1. The van der Waals surface area contributed by atoms with Gasteiger partial charge in [-0.3, -0.25) is 14.6 Å². The lowest BCUT2D eigenvalue weighted by atomic mass is 10.0. The summed E-state index contributed by atoms with van der Waals surface area (Å²) in [7, 11) is 0. The molecular formula is C22H20FN3O2. The average Bonchev–Trinajstić information content (AvgIpc) is 3.02. The van der Waals surface area contributed by atoms with Crippen molar-refractivity contribution in [3.63, 3.8) is 0 Å². The highest BCUT2D eigenvalue weighted by Gasteiger charge is 2.32. The van der Waals surface area contributed by atoms with Crippen molar-refractivity contribution in [3.05, 3.63) is 71.2 Å². The Bertz CT molecular complexity index is 1080. The minimum Gasteiger partial charge on any atom is -0.347 e. The van der Waals surface area contributed by atoms with Gasteiger partial charge in [-0.1, -0.05) is 11.6 Å². The van der Waals surface area contributed by atoms with Gasteiger partial charge in [-0.05, 0) is 56.3 Å². The molecule has 0 saturated carbocycles. The fraction of sp³-hybridized carbons (Fsp3) is 0.227. The molecule has 1 aliphatic heterocycles. The number of pyridine rings is 1. The lowest BCUT2D eigenvalue weighted by molar-refractivity contribution is -0.117. The van der Waals surface area contributed by atoms with E-state index < -0.39 is 0 Å². The molecule has 1 aromatic heterocycles. The third kappa shape index (κ3) is 3.45. The van der Waals surface area contributed by atoms with Gasteiger partial charge in [0.2, 0.25) is 5.91 Å². The Morgan fingerprint density at radius 1 is 1.14 bits per heavy atom. The Balaban J connectivity index is 1.56. The van der Waals surface area contributed by atoms with Gasteiger partial charge in [0.1, 0.15) is 5.82 Å². The maximum absolute atomic E-state index is 13.1. The van der Waals surface area contributed by atoms with Crippen molar-refractivity contribution < 1.29 is 14.0 Å². The maximum Gasteiger partial charge on any atom is 0.252 e. The summed E-state index contributed by atoms with van der Waals surface area (Å²) < 4.78 is 13.1. The van der Waals surface area contributed by atoms with E-state index in [4.69, 9.17) is 0 Å². The molecule has 0 unspecified atom stereocenters. The van der Waals surface area contributed by atoms with E-state index in [-0.39, 0.29) is 30.1 Å². The molecule has 1 fully saturated rings. The second-order valence-electron chi connectivity index (χ2n) is 7.19. The molecule has 2 heterocycles. The highest BCUT2D eigenvalue weighted by atomic mass is 19.1. The second-order valence-corrected chi connectivity index (χ2v) is 7.19. The quantitative estimate of drug-likeness (QED) is 0.760. The first kappa shape index (κ1) is 18.1. The van der Waals surface area contributed by atoms with E-state index in [9.17, 15) is 14.0 Å². The number of carbonyl (C=O) groups is 2. The minimum absolute atomic E-state index is 0.0940. The van der Waals surface area contributed by atoms with Crippen LogP contribution in [0.5, 0.6) is 0 Å². The fourth-order valence-corrected chi connectivity index (χ4v) is 3.60. The zero-order valence-corrected chi connectivity index (χ0v) is 15.7. The summed E-state index contributed by atoms with van der Waals surface area (Å²) in [5.74, 6) is -0.668. The number of fused-ring (bicyclic) bond motifs is 1. The second kappa shape index (κ2) is 7.03. The first-order valence-electron chi connectivity index (χ1n) is 9.15. The number of aromatic nitrogens is 1. The molecule has 3 aromatic rings. The standard InChI is InChI=1S/C22H20FN3O2/c1-13-3-8-20-18(9-13)19(10-14(2)24-20)22(28)25-16-11-21(27)26(12-16)17-6-4-15(23)5-7-17/h3-10,16H,11-12H2,1-2H3,(H,25,28)/t16-/m1/s1. The number of nitrogens with one attached hydrogen (secondary N) is 1. The Hall–Kier alpha value is -3.28. The number of aryl methyl sites for hydroxylation is 2. The van der Waals surface area contributed by atoms with Crippen molar-refractivity contribution in [3.8, 4) is 0 Å². The van der Waals surface area contributed by atoms with E-state index in [0.29, 0.717) is 17.8 Å². The normalized spacial score (nSPS) is 16.6. The summed E-state index contributed by atoms with van der Waals surface area (Å²) in [5.41, 5.74) is 3.76. The molecule has 1 saturated heterocycles. The highest BCUT2D eigenvalue weighted by Crippen LogP contribution is 2.24. The van der Waals surface area contributed by atoms with Crippen LogP contribution in [0.25, 0.3) is 10.9 Å². The Morgan fingerprint density at radius 2 is 1.89 bits per heavy atom. The van der Waals surface area contributed by atoms with Gasteiger partial charge in [-0.15, -0.1) is 0 Å². The fourth-order valence-electron chi connectivity index (χ4n) is 3.60. The molecule has 5 nitrogen and oxygen atoms in total. The third-order valence-electron chi connectivity index (χ3n) is 4.94. The average molecular weight is 377 g/mol. The number of hydrogen-bond donors (Lipinski definition) is 1. The van der Waals surface area contributed by atoms with Crippen molar-refractivity contribution in [2.75, 3.05) is 11.4 Å². The van der Waals surface area contributed by atoms with Crippen molar-refractivity contribution in [2.45, 2.75) is 26.3 Å². The van der Waals surface area contributed by atoms with E-state index in [1.165, 1.54) is 12.1 Å². The number of anilines is 1. The smallest absolute Gasteiger partial charge is 0.252 e. The van der Waals surface area contributed by atoms with Gasteiger partial charge < -0.3 is 10.2 Å². The van der Waals surface area contributed by atoms with Crippen LogP contribution < -0.4 is 10.2 Å². The number of nitrogens with zero attached hydrogens (tertiary/aromatic N) is 2. The molecule has 28 heavy (non-hydrogen) atoms. The number of benzene rings is 2. The molecular weight excluding hydrogens is 357 g/mol. The van der Waals surface area contributed by atoms with Crippen LogP contribution in [0.3, 0.4) is 0 Å². The minimum atomic E-state index is -0.351. The zero-order valence-electron chi connectivity index (χ0n) is 15.7. The molecule has 0 aliphatic carbocycles. The predicted molar refractivity (Wildman–Crippen MR) is 106 cm³/mol. The lowest BCUT2D eigenvalue weighted by Gasteiger charge is -2.17. The van der Waals surface area contributed by atoms with Crippen LogP contribution in [0.15, 0.2) is 48.5 Å². The third-order valence-corrected chi connectivity index (χ3v) is 4.94. The number of hydrogen-bond acceptors (Lipinski definition) is 3. The molecule has 0 bridgehead atoms. The summed E-state index contributed by atoms with van der Waals surface area (Å²) in [6, 6.07) is 13.1. The summed E-state index contributed by atoms with van der Waals surface area (Å²) in [5, 5.41) is 3.77. The van der Waals surface area contributed by atoms with Crippen LogP contribution >= 0.6 is 0 Å². The highest BCUT2D eigenvalue weighted by molar-refractivity contribution is 6.07. The van der Waals surface area contributed by atoms with E-state index in [1.54, 1.807) is 23.1 Å². The Kier molecular flexibility index (Phi) is 4.55. The molecule has 2 aromatic carbocycles. The van der Waals surface area contributed by atoms with E-state index in [2.05, 4.69) is 10.3 Å². The first-order chi connectivity index (χ1) is 13.4. The monoisotopic (exact) mass is 377 g/mol. The summed E-state index contributed by atoms with van der Waals surface area (Å²) in [6.45, 7) is 4.18. The first-order valence-corrected chi connectivity index (χ1v) is 9.15. The molecule has 1 atom stereocenters. The van der Waals surface area contributed by atoms with Crippen molar-refractivity contribution in [1.82, 2.24) is 10.3 Å². The van der Waals surface area contributed by atoms with Gasteiger partial charge in [0, 0.05) is 29.7 Å². The largest absolute Gasteiger partial charge is 0.347 e. The van der Waals surface area contributed by atoms with E-state index in [1.807, 2.05) is 32.0 Å². The molecule has 0 radical (unpaired) electrons. The van der Waals surface area contributed by atoms with Crippen LogP contribution in [0.1, 0.15) is 28.0 Å². The summed E-state index contributed by atoms with van der Waals surface area (Å²) in [6.07, 6.45) is 0.212. The zero-order chi connectivity index (χ0) is 19.8. The van der Waals surface area contributed by atoms with Gasteiger partial charge in [0.15, 0.2) is 0 Å². The predicted octanol–water partition coefficient (Wildman–Crippen LogP) is 3.53. The molecule has 2 amide bonds. The van der Waals surface area contributed by atoms with Gasteiger partial charge >= 0.3 is 0 Å². The van der Waals surface area contributed by atoms with Crippen LogP contribution in [0.2, 0.25) is 0 Å². The van der Waals surface area contributed by atoms with Gasteiger partial charge in [-0.25, -0.2) is 4.39 Å². The number of amides is 2. The summed E-state index contributed by atoms with van der Waals surface area (Å²) >= 11 is 0. The molecule has 1 N–H and O–H groups in total. The van der Waals surface area contributed by atoms with Gasteiger partial charge in [0.05, 0.1) is 17.1 Å². The maximum atomic E-state index is 13.1. The van der Waals surface area contributed by atoms with Crippen molar-refractivity contribution in [1.29, 1.82) is 0 Å². The molecule has 1 aliphatic rings. The number of carbonyl (C=O) groups excluding carboxylic acids is 2. The topological polar surface area (TPSA) is 62.3 Å². The molecule has 142 valence electrons. The van der Waals surface area contributed by atoms with Crippen LogP contribution in [-0.2, 0) is 4.79 Å². The van der Waals surface area contributed by atoms with Crippen molar-refractivity contribution >= 4 is 28.4 Å². The van der Waals surface area contributed by atoms with Crippen molar-refractivity contribution in [2.24, 2.45) is 0 Å². The van der Waals surface area contributed by atoms with Gasteiger partial charge in [0.25, 0.3) is 5.91 Å². The molecule has 4 rings (SSSR count). The lowest BCUT2D eigenvalue weighted by Crippen LogP contribution is -2.37. The molecule has 6 heteroatoms. The van der Waals surface area contributed by atoms with E-state index >= 15 is 0 Å². The Labute approximate surface area is 162 Å². The SMILES string of the molecule is Cc1ccc2nc(C)cc(C(=O)N[C@@H]3CC(=O)N(c4ccc(F)cc4)C3)c2c1. The number of rotatable bonds is 3. The summed E-state index contributed by atoms with van der Waals surface area (Å²) in [4.78, 5) is 31.4. The van der Waals surface area contributed by atoms with Gasteiger partial charge in [-0.2, -0.15) is 0 Å². The van der Waals surface area contributed by atoms with Crippen LogP contribution in [0, 0.1) is 19.7 Å². The Morgan fingerprint density at radius 3 is 2.64 bits per heavy atom. The van der Waals surface area contributed by atoms with Crippen LogP contribution in [-0.4, -0.2) is 29.4 Å². The van der Waals surface area contributed by atoms with E-state index in [0.717, 1.165) is 22.2 Å². The molecule has 0 spiro atoms. The van der Waals surface area contributed by atoms with Crippen LogP contribution in [0.4, 0.5) is 10.1 Å².